The second-order valence-electron chi connectivity index (χ2n) is 3.92. The minimum absolute atomic E-state index is 0.719. The van der Waals surface area contributed by atoms with Crippen molar-refractivity contribution in [2.75, 3.05) is 0 Å². The summed E-state index contributed by atoms with van der Waals surface area (Å²) in [4.78, 5) is 5.79. The zero-order valence-corrected chi connectivity index (χ0v) is 9.82. The molecule has 1 unspecified atom stereocenters. The van der Waals surface area contributed by atoms with Gasteiger partial charge in [0, 0.05) is 11.1 Å². The molecular formula is C11H19NS. The summed E-state index contributed by atoms with van der Waals surface area (Å²) in [7, 11) is 0. The van der Waals surface area contributed by atoms with Crippen LogP contribution in [0.4, 0.5) is 0 Å². The first-order valence-electron chi connectivity index (χ1n) is 5.07. The molecule has 1 nitrogen and oxygen atoms in total. The van der Waals surface area contributed by atoms with E-state index in [0.717, 1.165) is 11.8 Å². The van der Waals surface area contributed by atoms with Crippen molar-refractivity contribution < 1.29 is 0 Å². The largest absolute Gasteiger partial charge is 0.250 e. The minimum Gasteiger partial charge on any atom is -0.250 e. The van der Waals surface area contributed by atoms with Crippen molar-refractivity contribution in [2.45, 2.75) is 46.5 Å². The lowest BCUT2D eigenvalue weighted by Gasteiger charge is -2.17. The van der Waals surface area contributed by atoms with Crippen LogP contribution >= 0.6 is 11.3 Å². The average Bonchev–Trinajstić information content (AvgIpc) is 2.46. The SMILES string of the molecule is CCCC(c1cnc(C)s1)C(C)C. The number of rotatable bonds is 4. The average molecular weight is 197 g/mol. The smallest absolute Gasteiger partial charge is 0.0896 e. The monoisotopic (exact) mass is 197 g/mol. The fourth-order valence-corrected chi connectivity index (χ4v) is 2.76. The third kappa shape index (κ3) is 2.80. The van der Waals surface area contributed by atoms with Gasteiger partial charge >= 0.3 is 0 Å². The standard InChI is InChI=1S/C11H19NS/c1-5-6-10(8(2)3)11-7-12-9(4)13-11/h7-8,10H,5-6H2,1-4H3. The van der Waals surface area contributed by atoms with Gasteiger partial charge in [0.05, 0.1) is 5.01 Å². The first-order chi connectivity index (χ1) is 6.15. The molecule has 0 aliphatic heterocycles. The van der Waals surface area contributed by atoms with Gasteiger partial charge in [0.15, 0.2) is 0 Å². The van der Waals surface area contributed by atoms with E-state index in [-0.39, 0.29) is 0 Å². The third-order valence-corrected chi connectivity index (χ3v) is 3.45. The molecule has 1 aromatic rings. The molecule has 13 heavy (non-hydrogen) atoms. The zero-order chi connectivity index (χ0) is 9.84. The predicted molar refractivity (Wildman–Crippen MR) is 59.3 cm³/mol. The Morgan fingerprint density at radius 2 is 2.15 bits per heavy atom. The predicted octanol–water partition coefficient (Wildman–Crippen LogP) is 3.99. The summed E-state index contributed by atoms with van der Waals surface area (Å²) < 4.78 is 0. The van der Waals surface area contributed by atoms with Gasteiger partial charge < -0.3 is 0 Å². The number of thiazole rings is 1. The highest BCUT2D eigenvalue weighted by Gasteiger charge is 2.16. The van der Waals surface area contributed by atoms with E-state index < -0.39 is 0 Å². The Hall–Kier alpha value is -0.370. The van der Waals surface area contributed by atoms with E-state index in [9.17, 15) is 0 Å². The first kappa shape index (κ1) is 10.7. The van der Waals surface area contributed by atoms with Gasteiger partial charge in [-0.1, -0.05) is 27.2 Å². The Balaban J connectivity index is 2.75. The lowest BCUT2D eigenvalue weighted by molar-refractivity contribution is 0.469. The number of hydrogen-bond donors (Lipinski definition) is 0. The summed E-state index contributed by atoms with van der Waals surface area (Å²) >= 11 is 1.85. The minimum atomic E-state index is 0.719. The van der Waals surface area contributed by atoms with Crippen LogP contribution in [0.15, 0.2) is 6.20 Å². The van der Waals surface area contributed by atoms with Crippen LogP contribution in [0.3, 0.4) is 0 Å². The van der Waals surface area contributed by atoms with Crippen LogP contribution in [0.1, 0.15) is 49.4 Å². The number of nitrogens with zero attached hydrogens (tertiary/aromatic N) is 1. The summed E-state index contributed by atoms with van der Waals surface area (Å²) in [5.74, 6) is 1.45. The molecule has 0 saturated carbocycles. The second-order valence-corrected chi connectivity index (χ2v) is 5.19. The second kappa shape index (κ2) is 4.75. The van der Waals surface area contributed by atoms with E-state index in [1.807, 2.05) is 11.3 Å². The maximum absolute atomic E-state index is 4.32. The Morgan fingerprint density at radius 3 is 2.54 bits per heavy atom. The summed E-state index contributed by atoms with van der Waals surface area (Å²) in [5.41, 5.74) is 0. The summed E-state index contributed by atoms with van der Waals surface area (Å²) in [6.07, 6.45) is 4.61. The maximum atomic E-state index is 4.32. The van der Waals surface area contributed by atoms with Gasteiger partial charge in [-0.15, -0.1) is 11.3 Å². The van der Waals surface area contributed by atoms with E-state index in [4.69, 9.17) is 0 Å². The molecule has 1 atom stereocenters. The molecule has 0 bridgehead atoms. The molecule has 0 saturated heterocycles. The highest BCUT2D eigenvalue weighted by molar-refractivity contribution is 7.11. The molecule has 0 spiro atoms. The third-order valence-electron chi connectivity index (χ3n) is 2.41. The van der Waals surface area contributed by atoms with Crippen molar-refractivity contribution in [3.05, 3.63) is 16.1 Å². The van der Waals surface area contributed by atoms with Gasteiger partial charge in [0.2, 0.25) is 0 Å². The molecule has 0 aromatic carbocycles. The molecule has 1 rings (SSSR count). The van der Waals surface area contributed by atoms with Crippen molar-refractivity contribution >= 4 is 11.3 Å². The molecule has 0 N–H and O–H groups in total. The van der Waals surface area contributed by atoms with Crippen molar-refractivity contribution in [1.29, 1.82) is 0 Å². The summed E-state index contributed by atoms with van der Waals surface area (Å²) in [6.45, 7) is 8.94. The van der Waals surface area contributed by atoms with E-state index >= 15 is 0 Å². The zero-order valence-electron chi connectivity index (χ0n) is 9.00. The fraction of sp³-hybridized carbons (Fsp3) is 0.727. The van der Waals surface area contributed by atoms with Gasteiger partial charge in [-0.2, -0.15) is 0 Å². The van der Waals surface area contributed by atoms with Gasteiger partial charge in [-0.25, -0.2) is 4.98 Å². The molecule has 1 aromatic heterocycles. The van der Waals surface area contributed by atoms with Crippen LogP contribution in [0.25, 0.3) is 0 Å². The number of hydrogen-bond acceptors (Lipinski definition) is 2. The van der Waals surface area contributed by atoms with Gasteiger partial charge in [-0.3, -0.25) is 0 Å². The number of aryl methyl sites for hydroxylation is 1. The molecule has 1 heterocycles. The molecule has 0 radical (unpaired) electrons. The Labute approximate surface area is 85.2 Å². The van der Waals surface area contributed by atoms with Crippen LogP contribution in [-0.2, 0) is 0 Å². The molecule has 0 aliphatic carbocycles. The van der Waals surface area contributed by atoms with E-state index in [1.54, 1.807) is 0 Å². The van der Waals surface area contributed by atoms with Crippen molar-refractivity contribution in [1.82, 2.24) is 4.98 Å². The highest BCUT2D eigenvalue weighted by atomic mass is 32.1. The van der Waals surface area contributed by atoms with Gasteiger partial charge in [-0.05, 0) is 25.2 Å². The van der Waals surface area contributed by atoms with Crippen LogP contribution in [0, 0.1) is 12.8 Å². The van der Waals surface area contributed by atoms with Crippen molar-refractivity contribution in [3.63, 3.8) is 0 Å². The van der Waals surface area contributed by atoms with Crippen molar-refractivity contribution in [2.24, 2.45) is 5.92 Å². The quantitative estimate of drug-likeness (QED) is 0.711. The molecule has 2 heteroatoms. The van der Waals surface area contributed by atoms with Gasteiger partial charge in [0.25, 0.3) is 0 Å². The maximum Gasteiger partial charge on any atom is 0.0896 e. The summed E-state index contributed by atoms with van der Waals surface area (Å²) in [6, 6.07) is 0. The Morgan fingerprint density at radius 1 is 1.46 bits per heavy atom. The van der Waals surface area contributed by atoms with Crippen LogP contribution in [0.5, 0.6) is 0 Å². The van der Waals surface area contributed by atoms with Crippen LogP contribution < -0.4 is 0 Å². The van der Waals surface area contributed by atoms with Crippen LogP contribution in [0.2, 0.25) is 0 Å². The lowest BCUT2D eigenvalue weighted by atomic mass is 9.90. The Kier molecular flexibility index (Phi) is 3.91. The van der Waals surface area contributed by atoms with Gasteiger partial charge in [0.1, 0.15) is 0 Å². The molecule has 0 amide bonds. The van der Waals surface area contributed by atoms with E-state index in [1.165, 1.54) is 22.7 Å². The number of aromatic nitrogens is 1. The topological polar surface area (TPSA) is 12.9 Å². The van der Waals surface area contributed by atoms with Crippen LogP contribution in [-0.4, -0.2) is 4.98 Å². The van der Waals surface area contributed by atoms with E-state index in [0.29, 0.717) is 0 Å². The fourth-order valence-electron chi connectivity index (χ4n) is 1.66. The first-order valence-corrected chi connectivity index (χ1v) is 5.89. The summed E-state index contributed by atoms with van der Waals surface area (Å²) in [5, 5.41) is 1.19. The van der Waals surface area contributed by atoms with E-state index in [2.05, 4.69) is 38.9 Å². The molecular weight excluding hydrogens is 178 g/mol. The Bertz CT molecular complexity index is 252. The van der Waals surface area contributed by atoms with Crippen molar-refractivity contribution in [3.8, 4) is 0 Å². The normalized spacial score (nSPS) is 13.6. The molecule has 74 valence electrons. The molecule has 0 aliphatic rings. The molecule has 0 fully saturated rings. The lowest BCUT2D eigenvalue weighted by Crippen LogP contribution is -2.04. The highest BCUT2D eigenvalue weighted by Crippen LogP contribution is 2.32.